The number of carbonyl (C=O) groups excluding carboxylic acids is 3. The molecule has 8 nitrogen and oxygen atoms in total. The molecular weight excluding hydrogens is 441 g/mol. The van der Waals surface area contributed by atoms with Crippen LogP contribution in [0.15, 0.2) is 30.3 Å². The molecule has 1 fully saturated rings. The smallest absolute Gasteiger partial charge is 0.331 e. The maximum absolute atomic E-state index is 13.1. The van der Waals surface area contributed by atoms with Crippen molar-refractivity contribution in [3.05, 3.63) is 52.6 Å². The van der Waals surface area contributed by atoms with Crippen LogP contribution in [0, 0.1) is 18.7 Å². The lowest BCUT2D eigenvalue weighted by molar-refractivity contribution is -0.151. The number of rotatable bonds is 6. The first-order valence-electron chi connectivity index (χ1n) is 10.0. The molecule has 1 aromatic heterocycles. The quantitative estimate of drug-likeness (QED) is 0.483. The summed E-state index contributed by atoms with van der Waals surface area (Å²) >= 11 is 6.37. The zero-order valence-electron chi connectivity index (χ0n) is 17.7. The lowest BCUT2D eigenvalue weighted by Gasteiger charge is -2.30. The van der Waals surface area contributed by atoms with E-state index in [-0.39, 0.29) is 28.8 Å². The number of carbonyl (C=O) groups is 3. The van der Waals surface area contributed by atoms with Gasteiger partial charge in [-0.1, -0.05) is 11.6 Å². The minimum atomic E-state index is -0.701. The zero-order chi connectivity index (χ0) is 23.3. The molecule has 0 spiro atoms. The Labute approximate surface area is 189 Å². The third-order valence-electron chi connectivity index (χ3n) is 5.23. The molecule has 32 heavy (non-hydrogen) atoms. The molecule has 1 amide bonds. The first kappa shape index (κ1) is 23.5. The summed E-state index contributed by atoms with van der Waals surface area (Å²) in [5.41, 5.74) is 1.64. The highest BCUT2D eigenvalue weighted by molar-refractivity contribution is 6.31. The maximum Gasteiger partial charge on any atom is 0.331 e. The van der Waals surface area contributed by atoms with Gasteiger partial charge in [0.15, 0.2) is 6.61 Å². The van der Waals surface area contributed by atoms with Crippen LogP contribution in [-0.4, -0.2) is 59.3 Å². The van der Waals surface area contributed by atoms with Gasteiger partial charge in [0.25, 0.3) is 5.91 Å². The minimum absolute atomic E-state index is 0.210. The van der Waals surface area contributed by atoms with E-state index in [4.69, 9.17) is 21.1 Å². The number of esters is 2. The van der Waals surface area contributed by atoms with Gasteiger partial charge in [0.05, 0.1) is 24.4 Å². The predicted octanol–water partition coefficient (Wildman–Crippen LogP) is 2.94. The van der Waals surface area contributed by atoms with E-state index in [1.54, 1.807) is 11.8 Å². The molecule has 1 aliphatic rings. The lowest BCUT2D eigenvalue weighted by Crippen LogP contribution is -2.42. The topological polar surface area (TPSA) is 90.7 Å². The molecule has 0 bridgehead atoms. The van der Waals surface area contributed by atoms with Gasteiger partial charge in [-0.2, -0.15) is 5.10 Å². The van der Waals surface area contributed by atoms with Crippen molar-refractivity contribution in [2.45, 2.75) is 19.8 Å². The minimum Gasteiger partial charge on any atom is -0.469 e. The number of hydrogen-bond donors (Lipinski definition) is 0. The second-order valence-electron chi connectivity index (χ2n) is 7.30. The molecule has 3 rings (SSSR count). The Kier molecular flexibility index (Phi) is 7.63. The molecule has 1 aromatic carbocycles. The van der Waals surface area contributed by atoms with Crippen LogP contribution in [0.4, 0.5) is 4.39 Å². The lowest BCUT2D eigenvalue weighted by atomic mass is 9.97. The van der Waals surface area contributed by atoms with Gasteiger partial charge < -0.3 is 14.4 Å². The maximum atomic E-state index is 13.1. The van der Waals surface area contributed by atoms with Gasteiger partial charge >= 0.3 is 11.9 Å². The standard InChI is InChI=1S/C22H23ClFN3O5/c1-14-18(21(23)27(25-14)17-5-3-16(24)4-6-17)7-8-20(29)32-13-19(28)26-11-9-15(10-12-26)22(30)31-2/h3-8,15H,9-13H2,1-2H3. The fourth-order valence-electron chi connectivity index (χ4n) is 3.41. The number of ether oxygens (including phenoxy) is 2. The van der Waals surface area contributed by atoms with E-state index < -0.39 is 12.6 Å². The first-order valence-corrected chi connectivity index (χ1v) is 10.4. The van der Waals surface area contributed by atoms with Crippen molar-refractivity contribution in [2.75, 3.05) is 26.8 Å². The summed E-state index contributed by atoms with van der Waals surface area (Å²) in [6, 6.07) is 5.67. The van der Waals surface area contributed by atoms with Gasteiger partial charge in [0, 0.05) is 24.7 Å². The Morgan fingerprint density at radius 2 is 1.88 bits per heavy atom. The van der Waals surface area contributed by atoms with Crippen LogP contribution in [0.3, 0.4) is 0 Å². The van der Waals surface area contributed by atoms with Crippen LogP contribution in [0.2, 0.25) is 5.15 Å². The van der Waals surface area contributed by atoms with Crippen molar-refractivity contribution in [3.63, 3.8) is 0 Å². The molecule has 1 aliphatic heterocycles. The number of aromatic nitrogens is 2. The van der Waals surface area contributed by atoms with Crippen LogP contribution >= 0.6 is 11.6 Å². The van der Waals surface area contributed by atoms with Crippen molar-refractivity contribution >= 4 is 35.5 Å². The van der Waals surface area contributed by atoms with E-state index in [1.165, 1.54) is 48.2 Å². The third-order valence-corrected chi connectivity index (χ3v) is 5.59. The zero-order valence-corrected chi connectivity index (χ0v) is 18.5. The number of benzene rings is 1. The van der Waals surface area contributed by atoms with E-state index >= 15 is 0 Å². The summed E-state index contributed by atoms with van der Waals surface area (Å²) in [6.07, 6.45) is 3.66. The van der Waals surface area contributed by atoms with Crippen LogP contribution in [0.1, 0.15) is 24.1 Å². The number of likely N-dealkylation sites (tertiary alicyclic amines) is 1. The van der Waals surface area contributed by atoms with Crippen molar-refractivity contribution < 1.29 is 28.2 Å². The summed E-state index contributed by atoms with van der Waals surface area (Å²) in [5.74, 6) is -1.89. The Balaban J connectivity index is 1.54. The van der Waals surface area contributed by atoms with Crippen LogP contribution in [0.25, 0.3) is 11.8 Å². The highest BCUT2D eigenvalue weighted by Crippen LogP contribution is 2.25. The number of halogens is 2. The van der Waals surface area contributed by atoms with Gasteiger partial charge in [-0.15, -0.1) is 0 Å². The largest absolute Gasteiger partial charge is 0.469 e. The Morgan fingerprint density at radius 3 is 2.50 bits per heavy atom. The van der Waals surface area contributed by atoms with Crippen LogP contribution in [-0.2, 0) is 23.9 Å². The highest BCUT2D eigenvalue weighted by Gasteiger charge is 2.28. The molecular formula is C22H23ClFN3O5. The van der Waals surface area contributed by atoms with Gasteiger partial charge in [-0.05, 0) is 50.1 Å². The molecule has 0 aliphatic carbocycles. The number of aryl methyl sites for hydroxylation is 1. The number of piperidine rings is 1. The molecule has 2 aromatic rings. The Morgan fingerprint density at radius 1 is 1.22 bits per heavy atom. The summed E-state index contributed by atoms with van der Waals surface area (Å²) in [7, 11) is 1.34. The fourth-order valence-corrected chi connectivity index (χ4v) is 3.74. The van der Waals surface area contributed by atoms with Crippen LogP contribution in [0.5, 0.6) is 0 Å². The molecule has 0 saturated carbocycles. The van der Waals surface area contributed by atoms with E-state index in [0.717, 1.165) is 0 Å². The van der Waals surface area contributed by atoms with Gasteiger partial charge in [0.2, 0.25) is 0 Å². The Bertz CT molecular complexity index is 1030. The third kappa shape index (κ3) is 5.53. The molecule has 1 saturated heterocycles. The van der Waals surface area contributed by atoms with Gasteiger partial charge in [-0.3, -0.25) is 9.59 Å². The van der Waals surface area contributed by atoms with Crippen molar-refractivity contribution in [1.29, 1.82) is 0 Å². The van der Waals surface area contributed by atoms with E-state index in [2.05, 4.69) is 5.10 Å². The predicted molar refractivity (Wildman–Crippen MR) is 115 cm³/mol. The summed E-state index contributed by atoms with van der Waals surface area (Å²) in [5, 5.41) is 4.57. The Hall–Kier alpha value is -3.20. The molecule has 170 valence electrons. The molecule has 10 heteroatoms. The van der Waals surface area contributed by atoms with Gasteiger partial charge in [-0.25, -0.2) is 13.9 Å². The molecule has 0 unspecified atom stereocenters. The van der Waals surface area contributed by atoms with Crippen molar-refractivity contribution in [2.24, 2.45) is 5.92 Å². The number of methoxy groups -OCH3 is 1. The van der Waals surface area contributed by atoms with E-state index in [9.17, 15) is 18.8 Å². The molecule has 0 N–H and O–H groups in total. The monoisotopic (exact) mass is 463 g/mol. The fraction of sp³-hybridized carbons (Fsp3) is 0.364. The average Bonchev–Trinajstić information content (AvgIpc) is 3.09. The van der Waals surface area contributed by atoms with E-state index in [1.807, 2.05) is 0 Å². The summed E-state index contributed by atoms with van der Waals surface area (Å²) in [6.45, 7) is 2.14. The second kappa shape index (κ2) is 10.4. The number of hydrogen-bond acceptors (Lipinski definition) is 6. The second-order valence-corrected chi connectivity index (χ2v) is 7.66. The van der Waals surface area contributed by atoms with Gasteiger partial charge in [0.1, 0.15) is 11.0 Å². The molecule has 2 heterocycles. The number of amides is 1. The number of nitrogens with zero attached hydrogens (tertiary/aromatic N) is 3. The molecule has 0 atom stereocenters. The van der Waals surface area contributed by atoms with E-state index in [0.29, 0.717) is 42.9 Å². The average molecular weight is 464 g/mol. The van der Waals surface area contributed by atoms with Crippen LogP contribution < -0.4 is 0 Å². The summed E-state index contributed by atoms with van der Waals surface area (Å²) < 4.78 is 24.3. The first-order chi connectivity index (χ1) is 15.3. The van der Waals surface area contributed by atoms with Crippen molar-refractivity contribution in [1.82, 2.24) is 14.7 Å². The highest BCUT2D eigenvalue weighted by atomic mass is 35.5. The molecule has 0 radical (unpaired) electrons. The SMILES string of the molecule is COC(=O)C1CCN(C(=O)COC(=O)C=Cc2c(C)nn(-c3ccc(F)cc3)c2Cl)CC1. The summed E-state index contributed by atoms with van der Waals surface area (Å²) in [4.78, 5) is 37.4. The normalized spacial score (nSPS) is 14.6. The van der Waals surface area contributed by atoms with Crippen molar-refractivity contribution in [3.8, 4) is 5.69 Å².